The summed E-state index contributed by atoms with van der Waals surface area (Å²) in [5, 5.41) is 4.28. The van der Waals surface area contributed by atoms with E-state index >= 15 is 0 Å². The molecule has 3 aromatic rings. The van der Waals surface area contributed by atoms with Crippen molar-refractivity contribution in [3.05, 3.63) is 52.9 Å². The van der Waals surface area contributed by atoms with E-state index in [2.05, 4.69) is 65.3 Å². The van der Waals surface area contributed by atoms with Gasteiger partial charge in [-0.05, 0) is 62.1 Å². The van der Waals surface area contributed by atoms with Gasteiger partial charge in [-0.3, -0.25) is 9.36 Å². The first-order valence-corrected chi connectivity index (χ1v) is 13.3. The summed E-state index contributed by atoms with van der Waals surface area (Å²) >= 11 is 0. The molecule has 0 amide bonds. The van der Waals surface area contributed by atoms with Crippen molar-refractivity contribution in [2.75, 3.05) is 43.4 Å². The third-order valence-corrected chi connectivity index (χ3v) is 8.12. The predicted octanol–water partition coefficient (Wildman–Crippen LogP) is 5.06. The third kappa shape index (κ3) is 4.92. The molecule has 1 aliphatic carbocycles. The Morgan fingerprint density at radius 1 is 0.943 bits per heavy atom. The van der Waals surface area contributed by atoms with Crippen LogP contribution in [0.25, 0.3) is 11.0 Å². The summed E-state index contributed by atoms with van der Waals surface area (Å²) in [6, 6.07) is 12.2. The fourth-order valence-corrected chi connectivity index (χ4v) is 6.02. The van der Waals surface area contributed by atoms with Crippen molar-refractivity contribution >= 4 is 28.4 Å². The van der Waals surface area contributed by atoms with E-state index < -0.39 is 0 Å². The van der Waals surface area contributed by atoms with Crippen LogP contribution in [0.15, 0.2) is 47.4 Å². The average molecular weight is 475 g/mol. The number of hydrogen-bond acceptors (Lipinski definition) is 6. The minimum absolute atomic E-state index is 0.0440. The lowest BCUT2D eigenvalue weighted by atomic mass is 9.74. The summed E-state index contributed by atoms with van der Waals surface area (Å²) in [7, 11) is 2.17. The Balaban J connectivity index is 1.44. The molecule has 1 aliphatic heterocycles. The fraction of sp³-hybridized carbons (Fsp3) is 0.536. The first kappa shape index (κ1) is 23.8. The molecule has 1 saturated carbocycles. The van der Waals surface area contributed by atoms with Gasteiger partial charge in [0.15, 0.2) is 0 Å². The van der Waals surface area contributed by atoms with Gasteiger partial charge in [0.05, 0.1) is 0 Å². The zero-order valence-electron chi connectivity index (χ0n) is 21.3. The van der Waals surface area contributed by atoms with Crippen molar-refractivity contribution < 1.29 is 0 Å². The van der Waals surface area contributed by atoms with Crippen LogP contribution < -0.4 is 15.8 Å². The zero-order chi connectivity index (χ0) is 24.4. The molecule has 1 N–H and O–H groups in total. The monoisotopic (exact) mass is 474 g/mol. The summed E-state index contributed by atoms with van der Waals surface area (Å²) in [5.74, 6) is 1.54. The lowest BCUT2D eigenvalue weighted by Gasteiger charge is -2.39. The number of pyridine rings is 1. The number of likely N-dealkylation sites (N-methyl/N-ethyl adjacent to an activating group) is 1. The van der Waals surface area contributed by atoms with E-state index in [-0.39, 0.29) is 11.6 Å². The van der Waals surface area contributed by atoms with Gasteiger partial charge >= 0.3 is 0 Å². The number of nitrogens with zero attached hydrogens (tertiary/aromatic N) is 5. The number of rotatable bonds is 6. The molecule has 1 aromatic carbocycles. The highest BCUT2D eigenvalue weighted by Crippen LogP contribution is 2.42. The number of fused-ring (bicyclic) bond motifs is 1. The Labute approximate surface area is 208 Å². The Morgan fingerprint density at radius 2 is 1.63 bits per heavy atom. The molecule has 2 aromatic heterocycles. The maximum Gasteiger partial charge on any atom is 0.252 e. The van der Waals surface area contributed by atoms with Crippen LogP contribution >= 0.6 is 0 Å². The SMILES string of the molecule is CCC1CCCC(CC)C1n1c(=O)ccc2cnc(Nc3ccc(N4CCN(C)CC4)cc3)nc21. The predicted molar refractivity (Wildman–Crippen MR) is 144 cm³/mol. The lowest BCUT2D eigenvalue weighted by molar-refractivity contribution is 0.149. The van der Waals surface area contributed by atoms with Crippen molar-refractivity contribution in [2.45, 2.75) is 52.0 Å². The molecule has 0 spiro atoms. The normalized spacial score (nSPS) is 23.5. The second kappa shape index (κ2) is 10.4. The molecular weight excluding hydrogens is 436 g/mol. The molecule has 186 valence electrons. The molecule has 35 heavy (non-hydrogen) atoms. The van der Waals surface area contributed by atoms with E-state index in [4.69, 9.17) is 4.98 Å². The summed E-state index contributed by atoms with van der Waals surface area (Å²) in [4.78, 5) is 27.4. The van der Waals surface area contributed by atoms with Gasteiger partial charge < -0.3 is 15.1 Å². The van der Waals surface area contributed by atoms with E-state index in [1.54, 1.807) is 6.07 Å². The van der Waals surface area contributed by atoms with Crippen molar-refractivity contribution in [1.29, 1.82) is 0 Å². The van der Waals surface area contributed by atoms with E-state index in [9.17, 15) is 4.79 Å². The molecule has 2 atom stereocenters. The minimum atomic E-state index is 0.0440. The van der Waals surface area contributed by atoms with Gasteiger partial charge in [0.2, 0.25) is 5.95 Å². The standard InChI is InChI=1S/C28H38N6O/c1-4-20-7-6-8-21(5-2)26(20)34-25(35)14-9-22-19-29-28(31-27(22)34)30-23-10-12-24(13-11-23)33-17-15-32(3)16-18-33/h9-14,19-21,26H,4-8,15-18H2,1-3H3,(H,29,30,31). The molecular formula is C28H38N6O. The first-order valence-electron chi connectivity index (χ1n) is 13.3. The van der Waals surface area contributed by atoms with Crippen molar-refractivity contribution in [1.82, 2.24) is 19.4 Å². The van der Waals surface area contributed by atoms with Gasteiger partial charge in [0, 0.05) is 61.2 Å². The topological polar surface area (TPSA) is 66.3 Å². The zero-order valence-corrected chi connectivity index (χ0v) is 21.3. The van der Waals surface area contributed by atoms with Crippen LogP contribution in [0.5, 0.6) is 0 Å². The van der Waals surface area contributed by atoms with Crippen LogP contribution in [0.3, 0.4) is 0 Å². The van der Waals surface area contributed by atoms with E-state index in [0.29, 0.717) is 17.8 Å². The maximum absolute atomic E-state index is 13.2. The summed E-state index contributed by atoms with van der Waals surface area (Å²) in [6.07, 6.45) is 7.61. The van der Waals surface area contributed by atoms with Gasteiger partial charge in [0.1, 0.15) is 5.65 Å². The maximum atomic E-state index is 13.2. The van der Waals surface area contributed by atoms with Crippen molar-refractivity contribution in [3.8, 4) is 0 Å². The highest BCUT2D eigenvalue weighted by atomic mass is 16.1. The number of benzene rings is 1. The van der Waals surface area contributed by atoms with Crippen LogP contribution in [0.4, 0.5) is 17.3 Å². The highest BCUT2D eigenvalue weighted by Gasteiger charge is 2.34. The number of anilines is 3. The third-order valence-electron chi connectivity index (χ3n) is 8.12. The van der Waals surface area contributed by atoms with Crippen LogP contribution in [0.2, 0.25) is 0 Å². The Bertz CT molecular complexity index is 1190. The molecule has 7 heteroatoms. The largest absolute Gasteiger partial charge is 0.369 e. The quantitative estimate of drug-likeness (QED) is 0.538. The minimum Gasteiger partial charge on any atom is -0.369 e. The molecule has 5 rings (SSSR count). The van der Waals surface area contributed by atoms with Gasteiger partial charge in [-0.15, -0.1) is 0 Å². The van der Waals surface area contributed by atoms with Crippen LogP contribution in [-0.4, -0.2) is 52.7 Å². The van der Waals surface area contributed by atoms with E-state index in [0.717, 1.165) is 55.7 Å². The Hall–Kier alpha value is -2.93. The number of hydrogen-bond donors (Lipinski definition) is 1. The fourth-order valence-electron chi connectivity index (χ4n) is 6.02. The summed E-state index contributed by atoms with van der Waals surface area (Å²) < 4.78 is 1.99. The van der Waals surface area contributed by atoms with Gasteiger partial charge in [-0.2, -0.15) is 4.98 Å². The second-order valence-electron chi connectivity index (χ2n) is 10.2. The molecule has 2 unspecified atom stereocenters. The number of piperazine rings is 1. The van der Waals surface area contributed by atoms with E-state index in [1.165, 1.54) is 24.9 Å². The van der Waals surface area contributed by atoms with Gasteiger partial charge in [-0.25, -0.2) is 4.98 Å². The van der Waals surface area contributed by atoms with Crippen LogP contribution in [-0.2, 0) is 0 Å². The molecule has 2 fully saturated rings. The van der Waals surface area contributed by atoms with Gasteiger partial charge in [0.25, 0.3) is 5.56 Å². The van der Waals surface area contributed by atoms with E-state index in [1.807, 2.05) is 16.8 Å². The summed E-state index contributed by atoms with van der Waals surface area (Å²) in [5.41, 5.74) is 2.98. The molecule has 1 saturated heterocycles. The molecule has 2 aliphatic rings. The lowest BCUT2D eigenvalue weighted by Crippen LogP contribution is -2.44. The highest BCUT2D eigenvalue weighted by molar-refractivity contribution is 5.76. The molecule has 7 nitrogen and oxygen atoms in total. The van der Waals surface area contributed by atoms with Crippen molar-refractivity contribution in [3.63, 3.8) is 0 Å². The summed E-state index contributed by atoms with van der Waals surface area (Å²) in [6.45, 7) is 8.77. The molecule has 0 radical (unpaired) electrons. The molecule has 0 bridgehead atoms. The van der Waals surface area contributed by atoms with Crippen LogP contribution in [0, 0.1) is 11.8 Å². The Morgan fingerprint density at radius 3 is 2.29 bits per heavy atom. The Kier molecular flexibility index (Phi) is 7.04. The van der Waals surface area contributed by atoms with Crippen molar-refractivity contribution in [2.24, 2.45) is 11.8 Å². The number of aromatic nitrogens is 3. The smallest absolute Gasteiger partial charge is 0.252 e. The van der Waals surface area contributed by atoms with Crippen LogP contribution in [0.1, 0.15) is 52.0 Å². The van der Waals surface area contributed by atoms with Gasteiger partial charge in [-0.1, -0.05) is 33.1 Å². The second-order valence-corrected chi connectivity index (χ2v) is 10.2. The average Bonchev–Trinajstić information content (AvgIpc) is 2.89. The molecule has 3 heterocycles. The number of nitrogens with one attached hydrogen (secondary N) is 1. The first-order chi connectivity index (χ1) is 17.1.